The first-order valence-electron chi connectivity index (χ1n) is 6.92. The first-order chi connectivity index (χ1) is 8.62. The summed E-state index contributed by atoms with van der Waals surface area (Å²) in [7, 11) is 0. The third kappa shape index (κ3) is 4.82. The van der Waals surface area contributed by atoms with Crippen molar-refractivity contribution in [2.75, 3.05) is 13.2 Å². The van der Waals surface area contributed by atoms with Crippen LogP contribution in [-0.4, -0.2) is 26.0 Å². The van der Waals surface area contributed by atoms with Gasteiger partial charge in [0, 0.05) is 20.1 Å². The zero-order valence-electron chi connectivity index (χ0n) is 12.0. The smallest absolute Gasteiger partial charge is 0.580 e. The van der Waals surface area contributed by atoms with E-state index in [1.54, 1.807) is 0 Å². The molecule has 0 saturated heterocycles. The average molecular weight is 256 g/mol. The number of carbonyl (C=O) groups excluding carboxylic acids is 1. The minimum Gasteiger partial charge on any atom is -0.580 e. The van der Waals surface area contributed by atoms with Gasteiger partial charge in [0.05, 0.1) is 11.8 Å². The van der Waals surface area contributed by atoms with Gasteiger partial charge in [-0.3, -0.25) is 0 Å². The van der Waals surface area contributed by atoms with Gasteiger partial charge in [0.2, 0.25) is 0 Å². The zero-order valence-corrected chi connectivity index (χ0v) is 12.0. The molecule has 0 aromatic rings. The van der Waals surface area contributed by atoms with Gasteiger partial charge < -0.3 is 18.3 Å². The molecule has 0 unspecified atom stereocenters. The van der Waals surface area contributed by atoms with Gasteiger partial charge in [0.25, 0.3) is 5.78 Å². The first kappa shape index (κ1) is 15.3. The molecule has 0 bridgehead atoms. The molecule has 0 N–H and O–H groups in total. The zero-order chi connectivity index (χ0) is 13.4. The Kier molecular flexibility index (Phi) is 6.43. The van der Waals surface area contributed by atoms with E-state index in [2.05, 4.69) is 13.8 Å². The fraction of sp³-hybridized carbons (Fsp3) is 0.769. The van der Waals surface area contributed by atoms with E-state index < -0.39 is 6.96 Å². The summed E-state index contributed by atoms with van der Waals surface area (Å²) in [5.74, 6) is 1.54. The Morgan fingerprint density at radius 2 is 1.67 bits per heavy atom. The fourth-order valence-electron chi connectivity index (χ4n) is 1.76. The predicted molar refractivity (Wildman–Crippen MR) is 73.0 cm³/mol. The van der Waals surface area contributed by atoms with E-state index in [1.807, 2.05) is 19.9 Å². The second-order valence-corrected chi connectivity index (χ2v) is 4.63. The van der Waals surface area contributed by atoms with Crippen molar-refractivity contribution in [2.24, 2.45) is 0 Å². The standard InChI is InChI=1S/C13H25BO4/c1-5-7-9-15-14(16-10-8-6-2)17-12(3)11-13(4)18-14/h11H,5-10H2,1-4H3. The van der Waals surface area contributed by atoms with Crippen molar-refractivity contribution in [3.63, 3.8) is 0 Å². The minimum absolute atomic E-state index is 0.586. The molecule has 18 heavy (non-hydrogen) atoms. The van der Waals surface area contributed by atoms with Crippen LogP contribution in [-0.2, 0) is 18.3 Å². The molecule has 1 aliphatic rings. The third-order valence-electron chi connectivity index (χ3n) is 2.71. The predicted octanol–water partition coefficient (Wildman–Crippen LogP) is 3.11. The summed E-state index contributed by atoms with van der Waals surface area (Å²) in [5.41, 5.74) is 0. The highest BCUT2D eigenvalue weighted by molar-refractivity contribution is 6.52. The van der Waals surface area contributed by atoms with Crippen LogP contribution in [0.4, 0.5) is 0 Å². The average Bonchev–Trinajstić information content (AvgIpc) is 2.28. The van der Waals surface area contributed by atoms with Crippen LogP contribution in [0.1, 0.15) is 53.4 Å². The maximum absolute atomic E-state index is 5.73. The van der Waals surface area contributed by atoms with E-state index >= 15 is 0 Å². The van der Waals surface area contributed by atoms with E-state index in [0.717, 1.165) is 37.2 Å². The second kappa shape index (κ2) is 7.59. The Labute approximate surface area is 110 Å². The van der Waals surface area contributed by atoms with E-state index in [-0.39, 0.29) is 0 Å². The molecule has 1 heterocycles. The summed E-state index contributed by atoms with van der Waals surface area (Å²) in [6, 6.07) is 0. The van der Waals surface area contributed by atoms with Gasteiger partial charge in [0.15, 0.2) is 0 Å². The summed E-state index contributed by atoms with van der Waals surface area (Å²) < 4.78 is 22.8. The Morgan fingerprint density at radius 1 is 1.11 bits per heavy atom. The monoisotopic (exact) mass is 256 g/mol. The molecule has 104 valence electrons. The Bertz CT molecular complexity index is 302. The lowest BCUT2D eigenvalue weighted by Gasteiger charge is -2.29. The van der Waals surface area contributed by atoms with Gasteiger partial charge in [-0.2, -0.15) is 0 Å². The number of hydrogen-bond acceptors (Lipinski definition) is 3. The van der Waals surface area contributed by atoms with Crippen LogP contribution in [0.2, 0.25) is 0 Å². The van der Waals surface area contributed by atoms with Crippen molar-refractivity contribution < 1.29 is 18.3 Å². The highest BCUT2D eigenvalue weighted by Gasteiger charge is 2.53. The van der Waals surface area contributed by atoms with Crippen LogP contribution >= 0.6 is 0 Å². The molecule has 0 aromatic carbocycles. The second-order valence-electron chi connectivity index (χ2n) is 4.63. The van der Waals surface area contributed by atoms with Crippen LogP contribution in [0.15, 0.2) is 11.8 Å². The maximum atomic E-state index is 5.73. The molecule has 1 rings (SSSR count). The molecule has 0 atom stereocenters. The SMILES string of the molecule is CCCCO[B-]1(OCCCC)OC(C)=CC(C)=[O+]1. The quantitative estimate of drug-likeness (QED) is 0.380. The van der Waals surface area contributed by atoms with Crippen molar-refractivity contribution in [3.05, 3.63) is 11.8 Å². The lowest BCUT2D eigenvalue weighted by atomic mass is 10.0. The Balaban J connectivity index is 2.65. The Morgan fingerprint density at radius 3 is 2.11 bits per heavy atom. The molecule has 5 heteroatoms. The van der Waals surface area contributed by atoms with Crippen LogP contribution in [0, 0.1) is 0 Å². The molecule has 0 aromatic heterocycles. The summed E-state index contributed by atoms with van der Waals surface area (Å²) in [6.07, 6.45) is 5.91. The molecule has 0 radical (unpaired) electrons. The van der Waals surface area contributed by atoms with Gasteiger partial charge in [-0.25, -0.2) is 0 Å². The number of allylic oxidation sites excluding steroid dienone is 2. The summed E-state index contributed by atoms with van der Waals surface area (Å²) in [4.78, 5) is 0. The Hall–Kier alpha value is -0.805. The molecule has 0 spiro atoms. The molecular weight excluding hydrogens is 231 g/mol. The van der Waals surface area contributed by atoms with E-state index in [0.29, 0.717) is 13.2 Å². The topological polar surface area (TPSA) is 39.0 Å². The van der Waals surface area contributed by atoms with E-state index in [4.69, 9.17) is 18.3 Å². The molecular formula is C13H25BO4. The van der Waals surface area contributed by atoms with Crippen molar-refractivity contribution in [3.8, 4) is 0 Å². The van der Waals surface area contributed by atoms with Crippen molar-refractivity contribution in [1.82, 2.24) is 0 Å². The van der Waals surface area contributed by atoms with Crippen LogP contribution in [0.3, 0.4) is 0 Å². The number of hydrogen-bond donors (Lipinski definition) is 0. The maximum Gasteiger partial charge on any atom is 0.916 e. The highest BCUT2D eigenvalue weighted by Crippen LogP contribution is 2.18. The van der Waals surface area contributed by atoms with E-state index in [9.17, 15) is 0 Å². The number of unbranched alkanes of at least 4 members (excludes halogenated alkanes) is 2. The van der Waals surface area contributed by atoms with Gasteiger partial charge in [-0.1, -0.05) is 26.7 Å². The lowest BCUT2D eigenvalue weighted by molar-refractivity contribution is -0.392. The fourth-order valence-corrected chi connectivity index (χ4v) is 1.76. The van der Waals surface area contributed by atoms with Crippen LogP contribution in [0.25, 0.3) is 0 Å². The van der Waals surface area contributed by atoms with Gasteiger partial charge in [0.1, 0.15) is 0 Å². The summed E-state index contributed by atoms with van der Waals surface area (Å²) in [5, 5.41) is 0. The lowest BCUT2D eigenvalue weighted by Crippen LogP contribution is -2.49. The molecule has 0 aliphatic carbocycles. The van der Waals surface area contributed by atoms with Gasteiger partial charge in [-0.15, -0.1) is 0 Å². The molecule has 0 saturated carbocycles. The van der Waals surface area contributed by atoms with Crippen molar-refractivity contribution >= 4 is 12.7 Å². The van der Waals surface area contributed by atoms with Crippen molar-refractivity contribution in [1.29, 1.82) is 0 Å². The normalized spacial score (nSPS) is 18.0. The number of rotatable bonds is 8. The molecule has 0 amide bonds. The highest BCUT2D eigenvalue weighted by atomic mass is 16.9. The first-order valence-corrected chi connectivity index (χ1v) is 6.92. The van der Waals surface area contributed by atoms with Crippen LogP contribution < -0.4 is 0 Å². The molecule has 4 nitrogen and oxygen atoms in total. The van der Waals surface area contributed by atoms with Crippen molar-refractivity contribution in [2.45, 2.75) is 53.4 Å². The largest absolute Gasteiger partial charge is 0.916 e. The molecule has 1 aliphatic heterocycles. The number of ketones is 1. The van der Waals surface area contributed by atoms with Gasteiger partial charge in [-0.05, 0) is 19.8 Å². The molecule has 0 fully saturated rings. The van der Waals surface area contributed by atoms with E-state index in [1.165, 1.54) is 0 Å². The van der Waals surface area contributed by atoms with Gasteiger partial charge >= 0.3 is 6.96 Å². The minimum atomic E-state index is -2.10. The van der Waals surface area contributed by atoms with Crippen LogP contribution in [0.5, 0.6) is 0 Å². The summed E-state index contributed by atoms with van der Waals surface area (Å²) >= 11 is 0. The summed E-state index contributed by atoms with van der Waals surface area (Å²) in [6.45, 7) is 7.07. The third-order valence-corrected chi connectivity index (χ3v) is 2.71.